The normalized spacial score (nSPS) is 14.4. The minimum Gasteiger partial charge on any atom is -0.481 e. The maximum absolute atomic E-state index is 13.0. The highest BCUT2D eigenvalue weighted by Gasteiger charge is 2.30. The van der Waals surface area contributed by atoms with E-state index in [0.29, 0.717) is 11.4 Å². The molecule has 1 rings (SSSR count). The lowest BCUT2D eigenvalue weighted by molar-refractivity contribution is -0.143. The molecule has 8 N–H and O–H groups in total. The third-order valence-electron chi connectivity index (χ3n) is 4.53. The van der Waals surface area contributed by atoms with E-state index in [1.807, 2.05) is 0 Å². The summed E-state index contributed by atoms with van der Waals surface area (Å²) in [7, 11) is 0. The Balaban J connectivity index is 2.97. The van der Waals surface area contributed by atoms with E-state index in [0.717, 1.165) is 0 Å². The van der Waals surface area contributed by atoms with Crippen LogP contribution in [0.5, 0.6) is 0 Å². The zero-order valence-electron chi connectivity index (χ0n) is 18.4. The topological polar surface area (TPSA) is 217 Å². The van der Waals surface area contributed by atoms with Crippen LogP contribution in [0.25, 0.3) is 0 Å². The predicted octanol–water partition coefficient (Wildman–Crippen LogP) is -1.54. The summed E-state index contributed by atoms with van der Waals surface area (Å²) in [5.41, 5.74) is 6.14. The molecule has 0 aliphatic carbocycles. The van der Waals surface area contributed by atoms with Gasteiger partial charge in [-0.1, -0.05) is 0 Å². The van der Waals surface area contributed by atoms with E-state index in [2.05, 4.69) is 25.9 Å². The summed E-state index contributed by atoms with van der Waals surface area (Å²) in [6, 6.07) is -4.48. The lowest BCUT2D eigenvalue weighted by Gasteiger charge is -2.24. The number of aromatic amines is 1. The van der Waals surface area contributed by atoms with Crippen molar-refractivity contribution in [1.29, 1.82) is 0 Å². The molecule has 1 aromatic heterocycles. The number of H-pyrrole nitrogens is 1. The Bertz CT molecular complexity index is 818. The first-order chi connectivity index (χ1) is 15.5. The molecule has 33 heavy (non-hydrogen) atoms. The number of aliphatic carboxylic acids is 2. The van der Waals surface area contributed by atoms with Crippen LogP contribution in [0.1, 0.15) is 31.9 Å². The summed E-state index contributed by atoms with van der Waals surface area (Å²) in [5.74, 6) is -4.12. The number of carbonyl (C=O) groups excluding carboxylic acids is 3. The Morgan fingerprint density at radius 3 is 2.15 bits per heavy atom. The van der Waals surface area contributed by atoms with Gasteiger partial charge >= 0.3 is 11.9 Å². The first-order valence-electron chi connectivity index (χ1n) is 10.1. The minimum absolute atomic E-state index is 0.0531. The van der Waals surface area contributed by atoms with Gasteiger partial charge in [-0.15, -0.1) is 0 Å². The van der Waals surface area contributed by atoms with Gasteiger partial charge in [-0.05, 0) is 31.8 Å². The number of hydrogen-bond donors (Lipinski definition) is 7. The van der Waals surface area contributed by atoms with Crippen molar-refractivity contribution in [3.8, 4) is 0 Å². The molecule has 0 spiro atoms. The third kappa shape index (κ3) is 10.4. The number of amides is 3. The molecule has 184 valence electrons. The van der Waals surface area contributed by atoms with E-state index in [9.17, 15) is 29.1 Å². The van der Waals surface area contributed by atoms with Crippen LogP contribution in [0.15, 0.2) is 12.5 Å². The lowest BCUT2D eigenvalue weighted by atomic mass is 10.1. The molecule has 4 unspecified atom stereocenters. The molecule has 0 aromatic carbocycles. The molecule has 1 heterocycles. The van der Waals surface area contributed by atoms with Gasteiger partial charge in [0.2, 0.25) is 17.7 Å². The highest BCUT2D eigenvalue weighted by Crippen LogP contribution is 2.06. The molecule has 0 saturated heterocycles. The number of carboxylic acids is 2. The van der Waals surface area contributed by atoms with Crippen molar-refractivity contribution < 1.29 is 34.2 Å². The number of nitrogens with zero attached hydrogens (tertiary/aromatic N) is 1. The summed E-state index contributed by atoms with van der Waals surface area (Å²) in [4.78, 5) is 66.7. The van der Waals surface area contributed by atoms with Crippen molar-refractivity contribution in [2.75, 3.05) is 12.0 Å². The third-order valence-corrected chi connectivity index (χ3v) is 5.17. The smallest absolute Gasteiger partial charge is 0.326 e. The van der Waals surface area contributed by atoms with Crippen molar-refractivity contribution >= 4 is 41.4 Å². The van der Waals surface area contributed by atoms with Gasteiger partial charge in [0.1, 0.15) is 18.1 Å². The molecule has 0 radical (unpaired) electrons. The Kier molecular flexibility index (Phi) is 11.9. The summed E-state index contributed by atoms with van der Waals surface area (Å²) >= 11 is 1.42. The van der Waals surface area contributed by atoms with Crippen LogP contribution in [-0.4, -0.2) is 86.0 Å². The van der Waals surface area contributed by atoms with Crippen molar-refractivity contribution in [3.05, 3.63) is 18.2 Å². The number of nitrogens with one attached hydrogen (secondary N) is 4. The number of hydrogen-bond acceptors (Lipinski definition) is 8. The molecule has 3 amide bonds. The maximum Gasteiger partial charge on any atom is 0.326 e. The monoisotopic (exact) mass is 486 g/mol. The quantitative estimate of drug-likeness (QED) is 0.151. The van der Waals surface area contributed by atoms with Crippen molar-refractivity contribution in [2.24, 2.45) is 5.73 Å². The second-order valence-corrected chi connectivity index (χ2v) is 8.29. The Morgan fingerprint density at radius 1 is 1.03 bits per heavy atom. The summed E-state index contributed by atoms with van der Waals surface area (Å²) in [6.45, 7) is 1.46. The summed E-state index contributed by atoms with van der Waals surface area (Å²) < 4.78 is 0. The molecular weight excluding hydrogens is 456 g/mol. The van der Waals surface area contributed by atoms with Gasteiger partial charge in [0, 0.05) is 24.7 Å². The van der Waals surface area contributed by atoms with Gasteiger partial charge in [-0.25, -0.2) is 9.78 Å². The second-order valence-electron chi connectivity index (χ2n) is 7.31. The first kappa shape index (κ1) is 27.9. The van der Waals surface area contributed by atoms with E-state index in [1.165, 1.54) is 31.2 Å². The fourth-order valence-corrected chi connectivity index (χ4v) is 3.17. The second kappa shape index (κ2) is 14.1. The zero-order chi connectivity index (χ0) is 25.0. The largest absolute Gasteiger partial charge is 0.481 e. The average molecular weight is 487 g/mol. The van der Waals surface area contributed by atoms with Crippen LogP contribution >= 0.6 is 11.8 Å². The predicted molar refractivity (Wildman–Crippen MR) is 119 cm³/mol. The van der Waals surface area contributed by atoms with Crippen LogP contribution in [0, 0.1) is 0 Å². The number of carbonyl (C=O) groups is 5. The highest BCUT2D eigenvalue weighted by molar-refractivity contribution is 7.98. The number of imidazole rings is 1. The lowest BCUT2D eigenvalue weighted by Crippen LogP contribution is -2.57. The molecule has 1 aromatic rings. The van der Waals surface area contributed by atoms with Gasteiger partial charge in [0.25, 0.3) is 0 Å². The van der Waals surface area contributed by atoms with E-state index < -0.39 is 60.2 Å². The standard InChI is InChI=1S/C19H30N6O7S/c1-10(20)16(28)25-14(7-11-8-21-9-22-11)18(30)23-12(5-6-33-2)17(29)24-13(19(31)32)3-4-15(26)27/h8-10,12-14H,3-7,20H2,1-2H3,(H,21,22)(H,23,30)(H,24,29)(H,25,28)(H,26,27)(H,31,32). The van der Waals surface area contributed by atoms with Gasteiger partial charge < -0.3 is 36.9 Å². The number of carboxylic acid groups (broad SMARTS) is 2. The van der Waals surface area contributed by atoms with Crippen LogP contribution in [0.2, 0.25) is 0 Å². The molecule has 13 nitrogen and oxygen atoms in total. The molecule has 14 heteroatoms. The van der Waals surface area contributed by atoms with E-state index in [1.54, 1.807) is 6.26 Å². The van der Waals surface area contributed by atoms with E-state index in [-0.39, 0.29) is 19.3 Å². The van der Waals surface area contributed by atoms with E-state index in [4.69, 9.17) is 10.8 Å². The fraction of sp³-hybridized carbons (Fsp3) is 0.579. The van der Waals surface area contributed by atoms with Crippen molar-refractivity contribution in [3.63, 3.8) is 0 Å². The van der Waals surface area contributed by atoms with Gasteiger partial charge in [-0.3, -0.25) is 19.2 Å². The zero-order valence-corrected chi connectivity index (χ0v) is 19.2. The number of nitrogens with two attached hydrogens (primary N) is 1. The Morgan fingerprint density at radius 2 is 1.64 bits per heavy atom. The molecule has 0 saturated carbocycles. The van der Waals surface area contributed by atoms with Gasteiger partial charge in [-0.2, -0.15) is 11.8 Å². The molecule has 0 aliphatic rings. The summed E-state index contributed by atoms with van der Waals surface area (Å²) in [5, 5.41) is 25.4. The Labute approximate surface area is 194 Å². The van der Waals surface area contributed by atoms with E-state index >= 15 is 0 Å². The Hall–Kier alpha value is -3.13. The summed E-state index contributed by atoms with van der Waals surface area (Å²) in [6.07, 6.45) is 4.17. The first-order valence-corrected chi connectivity index (χ1v) is 11.5. The molecule has 0 aliphatic heterocycles. The minimum atomic E-state index is -1.43. The van der Waals surface area contributed by atoms with Gasteiger partial charge in [0.05, 0.1) is 12.4 Å². The number of rotatable bonds is 15. The van der Waals surface area contributed by atoms with Crippen molar-refractivity contribution in [1.82, 2.24) is 25.9 Å². The van der Waals surface area contributed by atoms with Crippen LogP contribution in [-0.2, 0) is 30.4 Å². The number of aromatic nitrogens is 2. The molecule has 4 atom stereocenters. The highest BCUT2D eigenvalue weighted by atomic mass is 32.2. The number of thioether (sulfide) groups is 1. The van der Waals surface area contributed by atoms with Crippen LogP contribution < -0.4 is 21.7 Å². The van der Waals surface area contributed by atoms with Crippen LogP contribution in [0.3, 0.4) is 0 Å². The SMILES string of the molecule is CSCCC(NC(=O)C(Cc1cnc[nH]1)NC(=O)C(C)N)C(=O)NC(CCC(=O)O)C(=O)O. The molecular formula is C19H30N6O7S. The fourth-order valence-electron chi connectivity index (χ4n) is 2.70. The van der Waals surface area contributed by atoms with Crippen molar-refractivity contribution in [2.45, 2.75) is 56.8 Å². The molecule has 0 bridgehead atoms. The van der Waals surface area contributed by atoms with Gasteiger partial charge in [0.15, 0.2) is 0 Å². The maximum atomic E-state index is 13.0. The van der Waals surface area contributed by atoms with Crippen LogP contribution in [0.4, 0.5) is 0 Å². The molecule has 0 fully saturated rings. The average Bonchev–Trinajstić information content (AvgIpc) is 3.25.